The quantitative estimate of drug-likeness (QED) is 0.0647. The molecule has 0 aromatic heterocycles. The minimum Gasteiger partial charge on any atom is -0.504 e. The number of rotatable bonds is 13. The monoisotopic (exact) mass is 786 g/mol. The maximum absolute atomic E-state index is 13.3. The van der Waals surface area contributed by atoms with E-state index in [1.54, 1.807) is 0 Å². The van der Waals surface area contributed by atoms with E-state index in [0.29, 0.717) is 11.1 Å². The summed E-state index contributed by atoms with van der Waals surface area (Å²) in [6.07, 6.45) is -11.6. The molecule has 0 saturated carbocycles. The van der Waals surface area contributed by atoms with Gasteiger partial charge in [0.15, 0.2) is 53.2 Å². The second-order valence-corrected chi connectivity index (χ2v) is 13.0. The molecule has 0 bridgehead atoms. The molecule has 0 amide bonds. The summed E-state index contributed by atoms with van der Waals surface area (Å²) in [5.41, 5.74) is 1.13. The first-order chi connectivity index (χ1) is 26.6. The first kappa shape index (κ1) is 41.7. The fourth-order valence-corrected chi connectivity index (χ4v) is 5.76. The number of phenols is 6. The number of phenolic OH excluding ortho intramolecular Hbond substituents is 6. The van der Waals surface area contributed by atoms with Crippen molar-refractivity contribution in [3.63, 3.8) is 0 Å². The number of ether oxygens (including phenoxy) is 6. The zero-order valence-corrected chi connectivity index (χ0v) is 29.6. The number of carbonyl (C=O) groups excluding carboxylic acids is 2. The molecule has 3 aromatic rings. The summed E-state index contributed by atoms with van der Waals surface area (Å²) in [7, 11) is 0. The van der Waals surface area contributed by atoms with Gasteiger partial charge < -0.3 is 79.5 Å². The Labute approximate surface area is 318 Å². The third-order valence-electron chi connectivity index (χ3n) is 8.89. The second-order valence-electron chi connectivity index (χ2n) is 13.0. The number of aliphatic hydroxyl groups is 4. The third kappa shape index (κ3) is 10.4. The van der Waals surface area contributed by atoms with E-state index in [4.69, 9.17) is 28.4 Å². The lowest BCUT2D eigenvalue weighted by Gasteiger charge is -2.46. The van der Waals surface area contributed by atoms with Crippen molar-refractivity contribution < 1.29 is 89.1 Å². The van der Waals surface area contributed by atoms with Crippen LogP contribution in [0.1, 0.15) is 23.6 Å². The van der Waals surface area contributed by atoms with Gasteiger partial charge in [-0.05, 0) is 78.6 Å². The van der Waals surface area contributed by atoms with E-state index in [1.807, 2.05) is 0 Å². The number of aromatic hydroxyl groups is 6. The number of esters is 2. The van der Waals surface area contributed by atoms with Crippen LogP contribution in [0.5, 0.6) is 34.5 Å². The van der Waals surface area contributed by atoms with Crippen molar-refractivity contribution in [1.82, 2.24) is 0 Å². The van der Waals surface area contributed by atoms with Gasteiger partial charge in [0.1, 0.15) is 43.2 Å². The van der Waals surface area contributed by atoms with Crippen LogP contribution in [-0.2, 0) is 44.4 Å². The topological polar surface area (TPSA) is 292 Å². The Balaban J connectivity index is 1.41. The third-order valence-corrected chi connectivity index (χ3v) is 8.89. The fraction of sp³-hybridized carbons (Fsp3) is 0.368. The van der Waals surface area contributed by atoms with E-state index in [1.165, 1.54) is 67.6 Å². The zero-order valence-electron chi connectivity index (χ0n) is 29.6. The maximum Gasteiger partial charge on any atom is 0.331 e. The normalized spacial score (nSPS) is 28.0. The fourth-order valence-electron chi connectivity index (χ4n) is 5.76. The van der Waals surface area contributed by atoms with E-state index in [2.05, 4.69) is 0 Å². The standard InChI is InChI=1S/C38H42O18/c1-18-31(47)32(48)33(49)38(53-18)56-36-34(50)37(51-13-12-21-4-9-24(41)27(44)16-21)54-28(17-52-29(45)10-5-19-2-7-22(39)25(42)14-19)35(36)55-30(46)11-6-20-3-8-23(40)26(43)15-20/h2-11,14-16,18,28,31-44,47-50H,12-13,17H2,1H3/b10-5+,11-6+/t18?,28?,31?,32?,33?,34-,35+,36?,37+,38?/m0/s1. The lowest BCUT2D eigenvalue weighted by atomic mass is 9.97. The van der Waals surface area contributed by atoms with Crippen molar-refractivity contribution in [2.75, 3.05) is 13.2 Å². The number of hydrogen-bond acceptors (Lipinski definition) is 18. The van der Waals surface area contributed by atoms with Gasteiger partial charge in [0.05, 0.1) is 12.7 Å². The van der Waals surface area contributed by atoms with Crippen molar-refractivity contribution in [1.29, 1.82) is 0 Å². The highest BCUT2D eigenvalue weighted by atomic mass is 16.7. The van der Waals surface area contributed by atoms with Crippen LogP contribution in [0.2, 0.25) is 0 Å². The summed E-state index contributed by atoms with van der Waals surface area (Å²) in [6.45, 7) is 0.564. The Kier molecular flexibility index (Phi) is 13.8. The molecule has 302 valence electrons. The average Bonchev–Trinajstić information content (AvgIpc) is 3.16. The van der Waals surface area contributed by atoms with Gasteiger partial charge >= 0.3 is 11.9 Å². The van der Waals surface area contributed by atoms with Crippen LogP contribution in [0.25, 0.3) is 12.2 Å². The Morgan fingerprint density at radius 1 is 0.643 bits per heavy atom. The highest BCUT2D eigenvalue weighted by Crippen LogP contribution is 2.33. The minimum atomic E-state index is -1.86. The first-order valence-corrected chi connectivity index (χ1v) is 17.2. The summed E-state index contributed by atoms with van der Waals surface area (Å²) in [5, 5.41) is 101. The first-order valence-electron chi connectivity index (χ1n) is 17.2. The van der Waals surface area contributed by atoms with Crippen LogP contribution >= 0.6 is 0 Å². The molecule has 2 aliphatic heterocycles. The molecule has 2 aliphatic rings. The molecular weight excluding hydrogens is 744 g/mol. The summed E-state index contributed by atoms with van der Waals surface area (Å²) >= 11 is 0. The van der Waals surface area contributed by atoms with E-state index >= 15 is 0 Å². The largest absolute Gasteiger partial charge is 0.504 e. The lowest BCUT2D eigenvalue weighted by molar-refractivity contribution is -0.357. The van der Waals surface area contributed by atoms with Gasteiger partial charge in [0.2, 0.25) is 0 Å². The molecule has 2 heterocycles. The Morgan fingerprint density at radius 3 is 1.80 bits per heavy atom. The highest BCUT2D eigenvalue weighted by Gasteiger charge is 2.52. The van der Waals surface area contributed by atoms with Crippen LogP contribution in [0.4, 0.5) is 0 Å². The molecule has 18 nitrogen and oxygen atoms in total. The second kappa shape index (κ2) is 18.5. The van der Waals surface area contributed by atoms with Crippen LogP contribution in [0, 0.1) is 0 Å². The number of aliphatic hydroxyl groups excluding tert-OH is 4. The summed E-state index contributed by atoms with van der Waals surface area (Å²) in [6, 6.07) is 11.6. The van der Waals surface area contributed by atoms with Gasteiger partial charge in [-0.25, -0.2) is 9.59 Å². The molecule has 10 N–H and O–H groups in total. The van der Waals surface area contributed by atoms with Crippen molar-refractivity contribution in [3.05, 3.63) is 83.4 Å². The van der Waals surface area contributed by atoms with Gasteiger partial charge in [-0.3, -0.25) is 0 Å². The Bertz CT molecular complexity index is 1900. The number of hydrogen-bond donors (Lipinski definition) is 10. The van der Waals surface area contributed by atoms with Crippen molar-refractivity contribution in [2.24, 2.45) is 0 Å². The molecule has 2 saturated heterocycles. The summed E-state index contributed by atoms with van der Waals surface area (Å²) < 4.78 is 34.4. The Hall–Kier alpha value is -5.44. The van der Waals surface area contributed by atoms with Crippen LogP contribution < -0.4 is 0 Å². The number of benzene rings is 3. The van der Waals surface area contributed by atoms with Crippen LogP contribution in [0.15, 0.2) is 66.7 Å². The van der Waals surface area contributed by atoms with E-state index in [9.17, 15) is 60.7 Å². The highest BCUT2D eigenvalue weighted by molar-refractivity contribution is 5.88. The van der Waals surface area contributed by atoms with E-state index in [0.717, 1.165) is 18.2 Å². The van der Waals surface area contributed by atoms with Crippen molar-refractivity contribution in [3.8, 4) is 34.5 Å². The SMILES string of the molecule is CC1OC(OC2[C@H](OC(=O)/C=C/c3ccc(O)c(O)c3)C(COC(=O)/C=C/c3ccc(O)c(O)c3)O[C@@H](OCCc3ccc(O)c(O)c3)[C@H]2O)C(O)C(O)C1O. The van der Waals surface area contributed by atoms with Crippen molar-refractivity contribution in [2.45, 2.75) is 74.8 Å². The average molecular weight is 787 g/mol. The molecule has 56 heavy (non-hydrogen) atoms. The van der Waals surface area contributed by atoms with Gasteiger partial charge in [-0.15, -0.1) is 0 Å². The maximum atomic E-state index is 13.3. The molecule has 0 radical (unpaired) electrons. The molecule has 7 unspecified atom stereocenters. The van der Waals surface area contributed by atoms with Crippen LogP contribution in [-0.4, -0.2) is 138 Å². The molecule has 0 aliphatic carbocycles. The van der Waals surface area contributed by atoms with Gasteiger partial charge in [-0.1, -0.05) is 18.2 Å². The van der Waals surface area contributed by atoms with Crippen LogP contribution in [0.3, 0.4) is 0 Å². The molecular formula is C38H42O18. The molecule has 10 atom stereocenters. The van der Waals surface area contributed by atoms with Gasteiger partial charge in [0, 0.05) is 12.2 Å². The molecule has 18 heteroatoms. The zero-order chi connectivity index (χ0) is 40.7. The van der Waals surface area contributed by atoms with Gasteiger partial charge in [-0.2, -0.15) is 0 Å². The predicted molar refractivity (Wildman–Crippen MR) is 190 cm³/mol. The smallest absolute Gasteiger partial charge is 0.331 e. The van der Waals surface area contributed by atoms with E-state index in [-0.39, 0.29) is 35.8 Å². The van der Waals surface area contributed by atoms with Gasteiger partial charge in [0.25, 0.3) is 0 Å². The van der Waals surface area contributed by atoms with E-state index < -0.39 is 97.2 Å². The molecule has 2 fully saturated rings. The summed E-state index contributed by atoms with van der Waals surface area (Å²) in [4.78, 5) is 26.1. The summed E-state index contributed by atoms with van der Waals surface area (Å²) in [5.74, 6) is -4.39. The lowest BCUT2D eigenvalue weighted by Crippen LogP contribution is -2.65. The molecule has 3 aromatic carbocycles. The minimum absolute atomic E-state index is 0.130. The molecule has 5 rings (SSSR count). The molecule has 0 spiro atoms. The van der Waals surface area contributed by atoms with Crippen molar-refractivity contribution >= 4 is 24.1 Å². The number of carbonyl (C=O) groups is 2. The predicted octanol–water partition coefficient (Wildman–Crippen LogP) is 0.660. The Morgan fingerprint density at radius 2 is 1.21 bits per heavy atom.